The van der Waals surface area contributed by atoms with E-state index in [1.54, 1.807) is 31.3 Å². The molecule has 1 aromatic carbocycles. The number of carbonyl (C=O) groups excluding carboxylic acids is 2. The van der Waals surface area contributed by atoms with Crippen molar-refractivity contribution in [2.45, 2.75) is 0 Å². The van der Waals surface area contributed by atoms with Crippen LogP contribution in [0.25, 0.3) is 5.78 Å². The van der Waals surface area contributed by atoms with Gasteiger partial charge in [0.2, 0.25) is 5.91 Å². The van der Waals surface area contributed by atoms with E-state index in [4.69, 9.17) is 0 Å². The van der Waals surface area contributed by atoms with Gasteiger partial charge in [0.05, 0.1) is 0 Å². The molecule has 0 saturated heterocycles. The summed E-state index contributed by atoms with van der Waals surface area (Å²) in [6.45, 7) is 3.44. The fourth-order valence-corrected chi connectivity index (χ4v) is 1.98. The molecule has 0 radical (unpaired) electrons. The highest BCUT2D eigenvalue weighted by atomic mass is 16.2. The van der Waals surface area contributed by atoms with Crippen molar-refractivity contribution in [3.05, 3.63) is 48.8 Å². The first-order valence-corrected chi connectivity index (χ1v) is 6.66. The number of benzene rings is 1. The predicted molar refractivity (Wildman–Crippen MR) is 83.1 cm³/mol. The van der Waals surface area contributed by atoms with Crippen LogP contribution >= 0.6 is 0 Å². The number of aromatic nitrogens is 5. The Morgan fingerprint density at radius 3 is 2.74 bits per heavy atom. The van der Waals surface area contributed by atoms with Gasteiger partial charge in [-0.05, 0) is 30.3 Å². The van der Waals surface area contributed by atoms with E-state index >= 15 is 0 Å². The zero-order valence-corrected chi connectivity index (χ0v) is 12.2. The van der Waals surface area contributed by atoms with E-state index in [1.165, 1.54) is 21.8 Å². The van der Waals surface area contributed by atoms with Gasteiger partial charge in [-0.3, -0.25) is 20.0 Å². The zero-order valence-electron chi connectivity index (χ0n) is 12.2. The largest absolute Gasteiger partial charge is 0.312 e. The van der Waals surface area contributed by atoms with Gasteiger partial charge in [0.15, 0.2) is 0 Å². The molecule has 9 nitrogen and oxygen atoms in total. The van der Waals surface area contributed by atoms with Crippen LogP contribution in [-0.4, -0.2) is 43.7 Å². The summed E-state index contributed by atoms with van der Waals surface area (Å²) in [7, 11) is 1.63. The molecule has 0 unspecified atom stereocenters. The lowest BCUT2D eigenvalue weighted by molar-refractivity contribution is -0.113. The lowest BCUT2D eigenvalue weighted by atomic mass is 10.2. The monoisotopic (exact) mass is 311 g/mol. The SMILES string of the molecule is C=CC(=O)N(C)c1ccc(C(=O)Nc2nnc3nc[nH]n23)cc1. The molecular weight excluding hydrogens is 298 g/mol. The van der Waals surface area contributed by atoms with E-state index < -0.39 is 0 Å². The molecule has 0 aliphatic heterocycles. The Hall–Kier alpha value is -3.49. The molecule has 3 rings (SSSR count). The summed E-state index contributed by atoms with van der Waals surface area (Å²) in [5.74, 6) is 0.0242. The van der Waals surface area contributed by atoms with Crippen LogP contribution in [-0.2, 0) is 4.79 Å². The summed E-state index contributed by atoms with van der Waals surface area (Å²) in [5.41, 5.74) is 1.08. The molecule has 9 heteroatoms. The van der Waals surface area contributed by atoms with Gasteiger partial charge in [-0.25, -0.2) is 0 Å². The van der Waals surface area contributed by atoms with Crippen LogP contribution in [0.1, 0.15) is 10.4 Å². The summed E-state index contributed by atoms with van der Waals surface area (Å²) in [6.07, 6.45) is 2.67. The molecule has 2 heterocycles. The molecule has 0 bridgehead atoms. The average Bonchev–Trinajstić information content (AvgIpc) is 3.18. The highest BCUT2D eigenvalue weighted by Crippen LogP contribution is 2.15. The van der Waals surface area contributed by atoms with Crippen molar-refractivity contribution in [2.75, 3.05) is 17.3 Å². The van der Waals surface area contributed by atoms with Crippen molar-refractivity contribution >= 4 is 29.2 Å². The Bertz CT molecular complexity index is 878. The van der Waals surface area contributed by atoms with Gasteiger partial charge in [-0.15, -0.1) is 10.2 Å². The Balaban J connectivity index is 1.76. The molecule has 2 amide bonds. The van der Waals surface area contributed by atoms with E-state index in [0.29, 0.717) is 17.0 Å². The van der Waals surface area contributed by atoms with Crippen LogP contribution in [0, 0.1) is 0 Å². The maximum Gasteiger partial charge on any atom is 0.273 e. The smallest absolute Gasteiger partial charge is 0.273 e. The first kappa shape index (κ1) is 14.4. The molecule has 0 aliphatic carbocycles. The number of nitrogens with zero attached hydrogens (tertiary/aromatic N) is 5. The van der Waals surface area contributed by atoms with Crippen LogP contribution < -0.4 is 10.2 Å². The molecule has 3 aromatic rings. The number of rotatable bonds is 4. The van der Waals surface area contributed by atoms with Crippen molar-refractivity contribution in [3.8, 4) is 0 Å². The summed E-state index contributed by atoms with van der Waals surface area (Å²) in [5, 5.41) is 13.0. The van der Waals surface area contributed by atoms with E-state index in [9.17, 15) is 9.59 Å². The van der Waals surface area contributed by atoms with E-state index in [1.807, 2.05) is 0 Å². The molecule has 0 saturated carbocycles. The first-order valence-electron chi connectivity index (χ1n) is 6.66. The maximum atomic E-state index is 12.2. The third-order valence-electron chi connectivity index (χ3n) is 3.26. The predicted octanol–water partition coefficient (Wildman–Crippen LogP) is 0.853. The molecule has 0 aliphatic rings. The van der Waals surface area contributed by atoms with Gasteiger partial charge in [0.1, 0.15) is 6.33 Å². The number of aromatic amines is 1. The second-order valence-corrected chi connectivity index (χ2v) is 4.65. The number of hydrogen-bond acceptors (Lipinski definition) is 5. The number of nitrogens with one attached hydrogen (secondary N) is 2. The van der Waals surface area contributed by atoms with Gasteiger partial charge in [-0.1, -0.05) is 6.58 Å². The molecule has 2 N–H and O–H groups in total. The average molecular weight is 311 g/mol. The van der Waals surface area contributed by atoms with Crippen molar-refractivity contribution in [2.24, 2.45) is 0 Å². The van der Waals surface area contributed by atoms with Crippen molar-refractivity contribution < 1.29 is 9.59 Å². The molecular formula is C14H13N7O2. The highest BCUT2D eigenvalue weighted by Gasteiger charge is 2.13. The number of fused-ring (bicyclic) bond motifs is 1. The number of likely N-dealkylation sites (N-methyl/N-ethyl adjacent to an activating group) is 1. The lowest BCUT2D eigenvalue weighted by Crippen LogP contribution is -2.23. The van der Waals surface area contributed by atoms with Gasteiger partial charge in [-0.2, -0.15) is 9.50 Å². The Morgan fingerprint density at radius 2 is 2.04 bits per heavy atom. The number of amides is 2. The minimum Gasteiger partial charge on any atom is -0.312 e. The van der Waals surface area contributed by atoms with Crippen LogP contribution in [0.4, 0.5) is 11.6 Å². The lowest BCUT2D eigenvalue weighted by Gasteiger charge is -2.15. The zero-order chi connectivity index (χ0) is 16.4. The van der Waals surface area contributed by atoms with Crippen LogP contribution in [0.2, 0.25) is 0 Å². The highest BCUT2D eigenvalue weighted by molar-refractivity contribution is 6.04. The first-order chi connectivity index (χ1) is 11.1. The fourth-order valence-electron chi connectivity index (χ4n) is 1.98. The maximum absolute atomic E-state index is 12.2. The second kappa shape index (κ2) is 5.72. The Morgan fingerprint density at radius 1 is 1.30 bits per heavy atom. The standard InChI is InChI=1S/C14H13N7O2/c1-3-11(22)20(2)10-6-4-9(5-7-10)12(23)17-14-19-18-13-15-8-16-21(13)14/h3-8H,1H2,2H3,(H,15,16,18)(H,17,19,23). The van der Waals surface area contributed by atoms with Crippen molar-refractivity contribution in [1.82, 2.24) is 24.8 Å². The number of hydrogen-bond donors (Lipinski definition) is 2. The minimum atomic E-state index is -0.349. The normalized spacial score (nSPS) is 10.5. The molecule has 0 atom stereocenters. The van der Waals surface area contributed by atoms with Gasteiger partial charge in [0, 0.05) is 18.3 Å². The summed E-state index contributed by atoms with van der Waals surface area (Å²) in [4.78, 5) is 29.1. The van der Waals surface area contributed by atoms with Gasteiger partial charge >= 0.3 is 0 Å². The Labute approximate surface area is 130 Å². The van der Waals surface area contributed by atoms with E-state index in [-0.39, 0.29) is 17.8 Å². The molecule has 0 fully saturated rings. The quantitative estimate of drug-likeness (QED) is 0.694. The summed E-state index contributed by atoms with van der Waals surface area (Å²) < 4.78 is 1.45. The van der Waals surface area contributed by atoms with E-state index in [0.717, 1.165) is 0 Å². The Kier molecular flexibility index (Phi) is 3.59. The summed E-state index contributed by atoms with van der Waals surface area (Å²) >= 11 is 0. The third kappa shape index (κ3) is 2.67. The third-order valence-corrected chi connectivity index (χ3v) is 3.26. The molecule has 116 valence electrons. The molecule has 2 aromatic heterocycles. The van der Waals surface area contributed by atoms with Crippen LogP contribution in [0.5, 0.6) is 0 Å². The molecule has 23 heavy (non-hydrogen) atoms. The molecule has 0 spiro atoms. The van der Waals surface area contributed by atoms with Gasteiger partial charge < -0.3 is 4.90 Å². The summed E-state index contributed by atoms with van der Waals surface area (Å²) in [6, 6.07) is 6.57. The fraction of sp³-hybridized carbons (Fsp3) is 0.0714. The number of H-pyrrole nitrogens is 1. The van der Waals surface area contributed by atoms with Crippen LogP contribution in [0.15, 0.2) is 43.2 Å². The van der Waals surface area contributed by atoms with Crippen molar-refractivity contribution in [3.63, 3.8) is 0 Å². The second-order valence-electron chi connectivity index (χ2n) is 4.65. The van der Waals surface area contributed by atoms with Gasteiger partial charge in [0.25, 0.3) is 17.6 Å². The number of anilines is 2. The number of carbonyl (C=O) groups is 2. The van der Waals surface area contributed by atoms with E-state index in [2.05, 4.69) is 32.2 Å². The van der Waals surface area contributed by atoms with Crippen LogP contribution in [0.3, 0.4) is 0 Å². The topological polar surface area (TPSA) is 108 Å². The van der Waals surface area contributed by atoms with Crippen molar-refractivity contribution in [1.29, 1.82) is 0 Å². The minimum absolute atomic E-state index is 0.229.